The first kappa shape index (κ1) is 11.1. The predicted molar refractivity (Wildman–Crippen MR) is 63.0 cm³/mol. The number of benzene rings is 1. The molecule has 0 radical (unpaired) electrons. The number of aromatic nitrogens is 2. The first-order valence-electron chi connectivity index (χ1n) is 4.48. The maximum Gasteiger partial charge on any atom is 0.150 e. The van der Waals surface area contributed by atoms with E-state index >= 15 is 0 Å². The Labute approximate surface area is 102 Å². The molecule has 0 aliphatic carbocycles. The fraction of sp³-hybridized carbons (Fsp3) is 0. The minimum Gasteiger partial charge on any atom is -0.298 e. The summed E-state index contributed by atoms with van der Waals surface area (Å²) in [6, 6.07) is 5.15. The Bertz CT molecular complexity index is 505. The number of hydrogen-bond acceptors (Lipinski definition) is 4. The minimum absolute atomic E-state index is 0.542. The molecule has 0 saturated heterocycles. The Morgan fingerprint density at radius 2 is 2.19 bits per heavy atom. The van der Waals surface area contributed by atoms with Crippen LogP contribution in [0, 0.1) is 0 Å². The van der Waals surface area contributed by atoms with Gasteiger partial charge in [-0.25, -0.2) is 4.98 Å². The fourth-order valence-corrected chi connectivity index (χ4v) is 2.17. The number of nitrogens with zero attached hydrogens (tertiary/aromatic N) is 2. The third kappa shape index (κ3) is 2.59. The largest absolute Gasteiger partial charge is 0.298 e. The van der Waals surface area contributed by atoms with Crippen LogP contribution in [0.15, 0.2) is 46.7 Å². The van der Waals surface area contributed by atoms with Crippen molar-refractivity contribution in [3.8, 4) is 0 Å². The Morgan fingerprint density at radius 3 is 2.81 bits per heavy atom. The number of rotatable bonds is 3. The van der Waals surface area contributed by atoms with E-state index in [9.17, 15) is 4.79 Å². The highest BCUT2D eigenvalue weighted by Crippen LogP contribution is 2.31. The highest BCUT2D eigenvalue weighted by atomic mass is 35.5. The standard InChI is InChI=1S/C11H7ClN2OS/c12-9-5-8(7-15)1-2-10(9)16-11-6-13-3-4-14-11/h1-7H. The Morgan fingerprint density at radius 1 is 1.31 bits per heavy atom. The molecular formula is C11H7ClN2OS. The number of aldehydes is 1. The Balaban J connectivity index is 2.25. The maximum atomic E-state index is 10.5. The molecule has 1 aromatic heterocycles. The van der Waals surface area contributed by atoms with Crippen LogP contribution in [0.4, 0.5) is 0 Å². The van der Waals surface area contributed by atoms with Gasteiger partial charge in [-0.15, -0.1) is 0 Å². The van der Waals surface area contributed by atoms with Crippen molar-refractivity contribution in [2.75, 3.05) is 0 Å². The summed E-state index contributed by atoms with van der Waals surface area (Å²) in [4.78, 5) is 19.5. The smallest absolute Gasteiger partial charge is 0.150 e. The van der Waals surface area contributed by atoms with Crippen molar-refractivity contribution in [3.63, 3.8) is 0 Å². The lowest BCUT2D eigenvalue weighted by molar-refractivity contribution is 0.112. The molecule has 2 rings (SSSR count). The summed E-state index contributed by atoms with van der Waals surface area (Å²) in [5, 5.41) is 1.31. The second-order valence-electron chi connectivity index (χ2n) is 2.95. The molecule has 3 nitrogen and oxygen atoms in total. The van der Waals surface area contributed by atoms with Gasteiger partial charge in [-0.2, -0.15) is 0 Å². The molecule has 0 spiro atoms. The van der Waals surface area contributed by atoms with Gasteiger partial charge in [-0.3, -0.25) is 9.78 Å². The average Bonchev–Trinajstić information content (AvgIpc) is 2.33. The molecule has 1 heterocycles. The molecule has 0 fully saturated rings. The van der Waals surface area contributed by atoms with Gasteiger partial charge < -0.3 is 0 Å². The summed E-state index contributed by atoms with van der Waals surface area (Å²) in [5.41, 5.74) is 0.563. The molecule has 80 valence electrons. The summed E-state index contributed by atoms with van der Waals surface area (Å²) in [6.07, 6.45) is 5.66. The second-order valence-corrected chi connectivity index (χ2v) is 4.42. The van der Waals surface area contributed by atoms with Crippen molar-refractivity contribution in [1.82, 2.24) is 9.97 Å². The zero-order chi connectivity index (χ0) is 11.4. The molecule has 0 amide bonds. The highest BCUT2D eigenvalue weighted by molar-refractivity contribution is 7.99. The van der Waals surface area contributed by atoms with E-state index in [0.29, 0.717) is 10.6 Å². The number of carbonyl (C=O) groups excluding carboxylic acids is 1. The van der Waals surface area contributed by atoms with Crippen LogP contribution < -0.4 is 0 Å². The normalized spacial score (nSPS) is 10.1. The number of carbonyl (C=O) groups is 1. The summed E-state index contributed by atoms with van der Waals surface area (Å²) < 4.78 is 0. The van der Waals surface area contributed by atoms with E-state index in [0.717, 1.165) is 16.2 Å². The molecule has 0 aliphatic rings. The van der Waals surface area contributed by atoms with Gasteiger partial charge in [0, 0.05) is 22.9 Å². The van der Waals surface area contributed by atoms with Gasteiger partial charge in [0.25, 0.3) is 0 Å². The predicted octanol–water partition coefficient (Wildman–Crippen LogP) is 3.09. The van der Waals surface area contributed by atoms with Crippen LogP contribution >= 0.6 is 23.4 Å². The lowest BCUT2D eigenvalue weighted by atomic mass is 10.2. The molecule has 0 N–H and O–H groups in total. The second kappa shape index (κ2) is 5.09. The van der Waals surface area contributed by atoms with E-state index in [1.54, 1.807) is 36.8 Å². The lowest BCUT2D eigenvalue weighted by Crippen LogP contribution is -1.84. The van der Waals surface area contributed by atoms with Gasteiger partial charge in [0.2, 0.25) is 0 Å². The maximum absolute atomic E-state index is 10.5. The number of hydrogen-bond donors (Lipinski definition) is 0. The van der Waals surface area contributed by atoms with Crippen molar-refractivity contribution in [2.24, 2.45) is 0 Å². The Kier molecular flexibility index (Phi) is 3.54. The molecule has 0 aliphatic heterocycles. The third-order valence-corrected chi connectivity index (χ3v) is 3.27. The van der Waals surface area contributed by atoms with Gasteiger partial charge in [0.15, 0.2) is 0 Å². The minimum atomic E-state index is 0.542. The molecule has 0 atom stereocenters. The molecule has 5 heteroatoms. The molecule has 16 heavy (non-hydrogen) atoms. The quantitative estimate of drug-likeness (QED) is 0.785. The summed E-state index contributed by atoms with van der Waals surface area (Å²) in [5.74, 6) is 0. The van der Waals surface area contributed by atoms with Gasteiger partial charge in [0.1, 0.15) is 11.3 Å². The van der Waals surface area contributed by atoms with E-state index in [2.05, 4.69) is 9.97 Å². The van der Waals surface area contributed by atoms with Gasteiger partial charge in [-0.05, 0) is 12.1 Å². The molecule has 0 bridgehead atoms. The zero-order valence-electron chi connectivity index (χ0n) is 8.13. The van der Waals surface area contributed by atoms with Gasteiger partial charge in [0.05, 0.1) is 11.2 Å². The summed E-state index contributed by atoms with van der Waals surface area (Å²) >= 11 is 7.44. The molecule has 1 aromatic carbocycles. The molecule has 0 saturated carbocycles. The monoisotopic (exact) mass is 250 g/mol. The molecule has 0 unspecified atom stereocenters. The van der Waals surface area contributed by atoms with Crippen molar-refractivity contribution in [1.29, 1.82) is 0 Å². The van der Waals surface area contributed by atoms with Crippen LogP contribution in [0.2, 0.25) is 5.02 Å². The van der Waals surface area contributed by atoms with Gasteiger partial charge >= 0.3 is 0 Å². The fourth-order valence-electron chi connectivity index (χ4n) is 1.12. The van der Waals surface area contributed by atoms with E-state index < -0.39 is 0 Å². The summed E-state index contributed by atoms with van der Waals surface area (Å²) in [6.45, 7) is 0. The van der Waals surface area contributed by atoms with Crippen LogP contribution in [0.25, 0.3) is 0 Å². The van der Waals surface area contributed by atoms with Gasteiger partial charge in [-0.1, -0.05) is 29.4 Å². The van der Waals surface area contributed by atoms with E-state index in [4.69, 9.17) is 11.6 Å². The van der Waals surface area contributed by atoms with Crippen LogP contribution in [-0.2, 0) is 0 Å². The van der Waals surface area contributed by atoms with E-state index in [1.807, 2.05) is 0 Å². The van der Waals surface area contributed by atoms with Crippen LogP contribution in [0.5, 0.6) is 0 Å². The molecular weight excluding hydrogens is 244 g/mol. The summed E-state index contributed by atoms with van der Waals surface area (Å²) in [7, 11) is 0. The first-order valence-corrected chi connectivity index (χ1v) is 5.67. The molecule has 2 aromatic rings. The van der Waals surface area contributed by atoms with Crippen molar-refractivity contribution >= 4 is 29.6 Å². The van der Waals surface area contributed by atoms with E-state index in [-0.39, 0.29) is 0 Å². The SMILES string of the molecule is O=Cc1ccc(Sc2cnccn2)c(Cl)c1. The zero-order valence-corrected chi connectivity index (χ0v) is 9.70. The third-order valence-electron chi connectivity index (χ3n) is 1.85. The van der Waals surface area contributed by atoms with Crippen molar-refractivity contribution < 1.29 is 4.79 Å². The highest BCUT2D eigenvalue weighted by Gasteiger charge is 2.04. The van der Waals surface area contributed by atoms with Crippen molar-refractivity contribution in [2.45, 2.75) is 9.92 Å². The van der Waals surface area contributed by atoms with Crippen LogP contribution in [0.1, 0.15) is 10.4 Å². The topological polar surface area (TPSA) is 42.9 Å². The first-order chi connectivity index (χ1) is 7.79. The number of halogens is 1. The average molecular weight is 251 g/mol. The van der Waals surface area contributed by atoms with E-state index in [1.165, 1.54) is 11.8 Å². The van der Waals surface area contributed by atoms with Crippen molar-refractivity contribution in [3.05, 3.63) is 47.4 Å². The lowest BCUT2D eigenvalue weighted by Gasteiger charge is -2.03. The van der Waals surface area contributed by atoms with Crippen LogP contribution in [-0.4, -0.2) is 16.3 Å². The van der Waals surface area contributed by atoms with Crippen LogP contribution in [0.3, 0.4) is 0 Å². The Hall–Kier alpha value is -1.39.